The van der Waals surface area contributed by atoms with Crippen molar-refractivity contribution in [1.82, 2.24) is 0 Å². The molecule has 74 valence electrons. The molecule has 0 bridgehead atoms. The quantitative estimate of drug-likeness (QED) is 0.436. The van der Waals surface area contributed by atoms with E-state index in [1.165, 1.54) is 5.56 Å². The second kappa shape index (κ2) is 5.01. The van der Waals surface area contributed by atoms with Gasteiger partial charge in [0.1, 0.15) is 5.71 Å². The second-order valence-electron chi connectivity index (χ2n) is 2.78. The number of nitrogens with zero attached hydrogens (tertiary/aromatic N) is 2. The zero-order chi connectivity index (χ0) is 10.4. The number of hydrogen-bond acceptors (Lipinski definition) is 4. The summed E-state index contributed by atoms with van der Waals surface area (Å²) in [7, 11) is 0. The standard InChI is InChI=1S/C10H12N2O2/c1-2-8-3-5-9(6-4-8)10(12-14)7-11-13/h3-7,13-14H,2H2,1H3/b11-7+,12-10-. The van der Waals surface area contributed by atoms with E-state index in [1.54, 1.807) is 0 Å². The molecule has 0 saturated heterocycles. The summed E-state index contributed by atoms with van der Waals surface area (Å²) in [4.78, 5) is 0. The topological polar surface area (TPSA) is 65.2 Å². The van der Waals surface area contributed by atoms with Crippen molar-refractivity contribution < 1.29 is 10.4 Å². The third-order valence-electron chi connectivity index (χ3n) is 1.95. The first kappa shape index (κ1) is 10.2. The molecule has 0 heterocycles. The highest BCUT2D eigenvalue weighted by molar-refractivity contribution is 6.37. The molecule has 0 atom stereocenters. The molecule has 0 aliphatic carbocycles. The van der Waals surface area contributed by atoms with Crippen LogP contribution < -0.4 is 0 Å². The highest BCUT2D eigenvalue weighted by Gasteiger charge is 2.00. The molecule has 0 aliphatic rings. The van der Waals surface area contributed by atoms with Crippen LogP contribution in [0.15, 0.2) is 34.6 Å². The second-order valence-corrected chi connectivity index (χ2v) is 2.78. The molecule has 0 spiro atoms. The van der Waals surface area contributed by atoms with E-state index in [0.717, 1.165) is 12.6 Å². The first-order chi connectivity index (χ1) is 6.81. The number of rotatable bonds is 3. The predicted octanol–water partition coefficient (Wildman–Crippen LogP) is 1.89. The average molecular weight is 192 g/mol. The molecule has 1 aromatic rings. The molecule has 0 radical (unpaired) electrons. The van der Waals surface area contributed by atoms with Crippen LogP contribution in [0.4, 0.5) is 0 Å². The van der Waals surface area contributed by atoms with E-state index in [0.29, 0.717) is 5.56 Å². The maximum atomic E-state index is 8.62. The van der Waals surface area contributed by atoms with Crippen molar-refractivity contribution in [3.63, 3.8) is 0 Å². The zero-order valence-electron chi connectivity index (χ0n) is 7.88. The van der Waals surface area contributed by atoms with Crippen LogP contribution in [-0.2, 0) is 6.42 Å². The van der Waals surface area contributed by atoms with Crippen LogP contribution in [0.1, 0.15) is 18.1 Å². The van der Waals surface area contributed by atoms with Gasteiger partial charge in [-0.15, -0.1) is 0 Å². The summed E-state index contributed by atoms with van der Waals surface area (Å²) in [5.74, 6) is 0. The first-order valence-electron chi connectivity index (χ1n) is 4.30. The lowest BCUT2D eigenvalue weighted by molar-refractivity contribution is 0.316. The van der Waals surface area contributed by atoms with Gasteiger partial charge in [0.15, 0.2) is 0 Å². The van der Waals surface area contributed by atoms with Crippen molar-refractivity contribution in [3.8, 4) is 0 Å². The van der Waals surface area contributed by atoms with E-state index < -0.39 is 0 Å². The number of benzene rings is 1. The average Bonchev–Trinajstić information content (AvgIpc) is 2.26. The fourth-order valence-electron chi connectivity index (χ4n) is 1.12. The minimum absolute atomic E-state index is 0.232. The van der Waals surface area contributed by atoms with Gasteiger partial charge in [-0.25, -0.2) is 0 Å². The number of aryl methyl sites for hydroxylation is 1. The summed E-state index contributed by atoms with van der Waals surface area (Å²) in [5, 5.41) is 22.8. The Balaban J connectivity index is 2.96. The SMILES string of the molecule is CCc1ccc(C(/C=N/O)=N\O)cc1. The van der Waals surface area contributed by atoms with E-state index in [1.807, 2.05) is 24.3 Å². The lowest BCUT2D eigenvalue weighted by Crippen LogP contribution is -2.02. The Morgan fingerprint density at radius 1 is 1.29 bits per heavy atom. The normalized spacial score (nSPS) is 12.2. The monoisotopic (exact) mass is 192 g/mol. The molecule has 0 aliphatic heterocycles. The summed E-state index contributed by atoms with van der Waals surface area (Å²) in [5.41, 5.74) is 2.14. The maximum Gasteiger partial charge on any atom is 0.131 e. The van der Waals surface area contributed by atoms with Crippen molar-refractivity contribution in [1.29, 1.82) is 0 Å². The Labute approximate surface area is 82.2 Å². The summed E-state index contributed by atoms with van der Waals surface area (Å²) < 4.78 is 0. The Bertz CT molecular complexity index is 342. The fraction of sp³-hybridized carbons (Fsp3) is 0.200. The molecule has 14 heavy (non-hydrogen) atoms. The van der Waals surface area contributed by atoms with E-state index in [-0.39, 0.29) is 5.71 Å². The maximum absolute atomic E-state index is 8.62. The third-order valence-corrected chi connectivity index (χ3v) is 1.95. The van der Waals surface area contributed by atoms with Crippen molar-refractivity contribution in [2.45, 2.75) is 13.3 Å². The molecule has 2 N–H and O–H groups in total. The van der Waals surface area contributed by atoms with Crippen molar-refractivity contribution in [2.75, 3.05) is 0 Å². The predicted molar refractivity (Wildman–Crippen MR) is 54.4 cm³/mol. The molecule has 1 rings (SSSR count). The van der Waals surface area contributed by atoms with Gasteiger partial charge in [-0.2, -0.15) is 0 Å². The minimum atomic E-state index is 0.232. The van der Waals surface area contributed by atoms with Gasteiger partial charge in [0.2, 0.25) is 0 Å². The summed E-state index contributed by atoms with van der Waals surface area (Å²) in [6, 6.07) is 7.50. The Hall–Kier alpha value is -1.84. The Morgan fingerprint density at radius 3 is 2.36 bits per heavy atom. The molecule has 0 amide bonds. The van der Waals surface area contributed by atoms with Crippen molar-refractivity contribution >= 4 is 11.9 Å². The van der Waals surface area contributed by atoms with Gasteiger partial charge in [0.05, 0.1) is 6.21 Å². The molecule has 0 fully saturated rings. The molecule has 4 nitrogen and oxygen atoms in total. The zero-order valence-corrected chi connectivity index (χ0v) is 7.88. The van der Waals surface area contributed by atoms with Gasteiger partial charge in [0, 0.05) is 5.56 Å². The third kappa shape index (κ3) is 2.32. The summed E-state index contributed by atoms with van der Waals surface area (Å²) in [6.07, 6.45) is 2.04. The van der Waals surface area contributed by atoms with E-state index in [9.17, 15) is 0 Å². The molecule has 4 heteroatoms. The van der Waals surface area contributed by atoms with E-state index >= 15 is 0 Å². The Morgan fingerprint density at radius 2 is 1.93 bits per heavy atom. The highest BCUT2D eigenvalue weighted by atomic mass is 16.4. The van der Waals surface area contributed by atoms with Crippen LogP contribution in [0, 0.1) is 0 Å². The van der Waals surface area contributed by atoms with Crippen LogP contribution in [0.5, 0.6) is 0 Å². The summed E-state index contributed by atoms with van der Waals surface area (Å²) in [6.45, 7) is 2.06. The first-order valence-corrected chi connectivity index (χ1v) is 4.30. The van der Waals surface area contributed by atoms with Gasteiger partial charge in [-0.05, 0) is 12.0 Å². The molecular formula is C10H12N2O2. The Kier molecular flexibility index (Phi) is 3.67. The summed E-state index contributed by atoms with van der Waals surface area (Å²) >= 11 is 0. The van der Waals surface area contributed by atoms with E-state index in [2.05, 4.69) is 17.2 Å². The molecule has 0 saturated carbocycles. The van der Waals surface area contributed by atoms with E-state index in [4.69, 9.17) is 10.4 Å². The minimum Gasteiger partial charge on any atom is -0.411 e. The molecule has 0 aromatic heterocycles. The lowest BCUT2D eigenvalue weighted by atomic mass is 10.1. The van der Waals surface area contributed by atoms with Crippen LogP contribution in [0.2, 0.25) is 0 Å². The molecule has 0 unspecified atom stereocenters. The largest absolute Gasteiger partial charge is 0.411 e. The van der Waals surface area contributed by atoms with Crippen molar-refractivity contribution in [3.05, 3.63) is 35.4 Å². The van der Waals surface area contributed by atoms with Gasteiger partial charge < -0.3 is 10.4 Å². The van der Waals surface area contributed by atoms with Gasteiger partial charge in [0.25, 0.3) is 0 Å². The van der Waals surface area contributed by atoms with Gasteiger partial charge in [-0.3, -0.25) is 0 Å². The smallest absolute Gasteiger partial charge is 0.131 e. The van der Waals surface area contributed by atoms with Crippen molar-refractivity contribution in [2.24, 2.45) is 10.3 Å². The number of oxime groups is 2. The van der Waals surface area contributed by atoms with Gasteiger partial charge in [-0.1, -0.05) is 41.5 Å². The number of hydrogen-bond donors (Lipinski definition) is 2. The fourth-order valence-corrected chi connectivity index (χ4v) is 1.12. The molecular weight excluding hydrogens is 180 g/mol. The van der Waals surface area contributed by atoms with Crippen LogP contribution >= 0.6 is 0 Å². The lowest BCUT2D eigenvalue weighted by Gasteiger charge is -1.99. The highest BCUT2D eigenvalue weighted by Crippen LogP contribution is 2.05. The van der Waals surface area contributed by atoms with Crippen LogP contribution in [0.3, 0.4) is 0 Å². The van der Waals surface area contributed by atoms with Crippen LogP contribution in [0.25, 0.3) is 0 Å². The molecule has 1 aromatic carbocycles. The van der Waals surface area contributed by atoms with Gasteiger partial charge >= 0.3 is 0 Å². The van der Waals surface area contributed by atoms with Crippen LogP contribution in [-0.4, -0.2) is 22.3 Å².